The summed E-state index contributed by atoms with van der Waals surface area (Å²) >= 11 is 1.57. The number of fused-ring (bicyclic) bond motifs is 1. The molecule has 2 amide bonds. The highest BCUT2D eigenvalue weighted by molar-refractivity contribution is 7.07. The molecule has 0 atom stereocenters. The van der Waals surface area contributed by atoms with Crippen molar-refractivity contribution in [3.05, 3.63) is 74.0 Å². The second kappa shape index (κ2) is 10.1. The lowest BCUT2D eigenvalue weighted by Gasteiger charge is -2.22. The van der Waals surface area contributed by atoms with Gasteiger partial charge in [-0.2, -0.15) is 11.3 Å². The lowest BCUT2D eigenvalue weighted by molar-refractivity contribution is 0.0754. The molecule has 1 aliphatic heterocycles. The second-order valence-corrected chi connectivity index (χ2v) is 8.70. The SMILES string of the molecule is COc1cc(=O)n2c(c1C(=O)N(C)Cc1ccsc1)CCN(C(=O)c1cccnc1OC)CC2. The van der Waals surface area contributed by atoms with E-state index in [1.165, 1.54) is 20.3 Å². The first kappa shape index (κ1) is 23.5. The van der Waals surface area contributed by atoms with Gasteiger partial charge in [-0.15, -0.1) is 0 Å². The molecule has 0 N–H and O–H groups in total. The Hall–Kier alpha value is -3.66. The normalized spacial score (nSPS) is 13.1. The minimum absolute atomic E-state index is 0.236. The van der Waals surface area contributed by atoms with Crippen molar-refractivity contribution in [2.45, 2.75) is 19.5 Å². The Balaban J connectivity index is 1.66. The molecule has 3 aromatic heterocycles. The van der Waals surface area contributed by atoms with Gasteiger partial charge in [0.2, 0.25) is 5.88 Å². The van der Waals surface area contributed by atoms with E-state index in [4.69, 9.17) is 9.47 Å². The van der Waals surface area contributed by atoms with E-state index >= 15 is 0 Å². The molecule has 10 heteroatoms. The molecule has 4 rings (SSSR count). The Kier molecular flexibility index (Phi) is 6.97. The molecule has 0 bridgehead atoms. The van der Waals surface area contributed by atoms with E-state index in [1.807, 2.05) is 16.8 Å². The second-order valence-electron chi connectivity index (χ2n) is 7.92. The first-order valence-electron chi connectivity index (χ1n) is 10.8. The van der Waals surface area contributed by atoms with Gasteiger partial charge in [-0.3, -0.25) is 14.4 Å². The Labute approximate surface area is 201 Å². The van der Waals surface area contributed by atoms with Crippen LogP contribution in [0.15, 0.2) is 46.0 Å². The predicted octanol–water partition coefficient (Wildman–Crippen LogP) is 2.29. The Morgan fingerprint density at radius 3 is 2.71 bits per heavy atom. The summed E-state index contributed by atoms with van der Waals surface area (Å²) in [5, 5.41) is 3.96. The molecule has 3 aromatic rings. The molecular weight excluding hydrogens is 456 g/mol. The van der Waals surface area contributed by atoms with E-state index in [-0.39, 0.29) is 35.5 Å². The van der Waals surface area contributed by atoms with Crippen LogP contribution in [0.1, 0.15) is 32.0 Å². The first-order valence-corrected chi connectivity index (χ1v) is 11.7. The smallest absolute Gasteiger partial charge is 0.259 e. The Morgan fingerprint density at radius 1 is 1.18 bits per heavy atom. The van der Waals surface area contributed by atoms with Crippen LogP contribution in [0.5, 0.6) is 11.6 Å². The Bertz CT molecular complexity index is 1250. The minimum atomic E-state index is -0.267. The molecular formula is C24H26N4O5S. The van der Waals surface area contributed by atoms with Crippen LogP contribution in [-0.2, 0) is 19.5 Å². The highest BCUT2D eigenvalue weighted by Gasteiger charge is 2.29. The quantitative estimate of drug-likeness (QED) is 0.535. The number of carbonyl (C=O) groups is 2. The topological polar surface area (TPSA) is 94.0 Å². The third kappa shape index (κ3) is 4.54. The van der Waals surface area contributed by atoms with Gasteiger partial charge >= 0.3 is 0 Å². The zero-order valence-electron chi connectivity index (χ0n) is 19.3. The largest absolute Gasteiger partial charge is 0.496 e. The summed E-state index contributed by atoms with van der Waals surface area (Å²) in [7, 11) is 4.64. The van der Waals surface area contributed by atoms with E-state index < -0.39 is 0 Å². The molecule has 4 heterocycles. The number of pyridine rings is 2. The summed E-state index contributed by atoms with van der Waals surface area (Å²) in [6, 6.07) is 6.65. The molecule has 1 aliphatic rings. The highest BCUT2D eigenvalue weighted by Crippen LogP contribution is 2.26. The van der Waals surface area contributed by atoms with Crippen LogP contribution in [0.2, 0.25) is 0 Å². The summed E-state index contributed by atoms with van der Waals surface area (Å²) in [4.78, 5) is 47.0. The molecule has 178 valence electrons. The highest BCUT2D eigenvalue weighted by atomic mass is 32.1. The van der Waals surface area contributed by atoms with Crippen molar-refractivity contribution in [3.8, 4) is 11.6 Å². The first-order chi connectivity index (χ1) is 16.4. The van der Waals surface area contributed by atoms with Crippen LogP contribution < -0.4 is 15.0 Å². The van der Waals surface area contributed by atoms with Crippen LogP contribution in [0, 0.1) is 0 Å². The summed E-state index contributed by atoms with van der Waals surface area (Å²) in [6.45, 7) is 1.35. The molecule has 0 saturated heterocycles. The maximum absolute atomic E-state index is 13.5. The van der Waals surface area contributed by atoms with Gasteiger partial charge in [-0.05, 0) is 34.5 Å². The number of methoxy groups -OCH3 is 2. The van der Waals surface area contributed by atoms with Crippen molar-refractivity contribution >= 4 is 23.2 Å². The standard InChI is InChI=1S/C24H26N4O5S/c1-26(14-16-7-12-34-15-16)24(31)21-18-6-9-27(10-11-28(18)20(29)13-19(21)32-2)23(30)17-5-4-8-25-22(17)33-3/h4-5,7-8,12-13,15H,6,9-11,14H2,1-3H3. The van der Waals surface area contributed by atoms with E-state index in [1.54, 1.807) is 51.1 Å². The number of amides is 2. The average Bonchev–Trinajstić information content (AvgIpc) is 3.26. The zero-order chi connectivity index (χ0) is 24.2. The van der Waals surface area contributed by atoms with E-state index in [2.05, 4.69) is 4.98 Å². The maximum atomic E-state index is 13.5. The van der Waals surface area contributed by atoms with Gasteiger partial charge in [0.15, 0.2) is 0 Å². The fraction of sp³-hybridized carbons (Fsp3) is 0.333. The van der Waals surface area contributed by atoms with Gasteiger partial charge < -0.3 is 23.8 Å². The molecule has 0 unspecified atom stereocenters. The monoisotopic (exact) mass is 482 g/mol. The predicted molar refractivity (Wildman–Crippen MR) is 128 cm³/mol. The van der Waals surface area contributed by atoms with Crippen LogP contribution >= 0.6 is 11.3 Å². The van der Waals surface area contributed by atoms with Crippen LogP contribution in [0.3, 0.4) is 0 Å². The Morgan fingerprint density at radius 2 is 2.00 bits per heavy atom. The van der Waals surface area contributed by atoms with Crippen molar-refractivity contribution in [1.29, 1.82) is 0 Å². The lowest BCUT2D eigenvalue weighted by Crippen LogP contribution is -2.34. The van der Waals surface area contributed by atoms with E-state index in [0.717, 1.165) is 5.56 Å². The van der Waals surface area contributed by atoms with Crippen molar-refractivity contribution in [3.63, 3.8) is 0 Å². The molecule has 0 spiro atoms. The summed E-state index contributed by atoms with van der Waals surface area (Å²) in [6.07, 6.45) is 1.89. The van der Waals surface area contributed by atoms with Gasteiger partial charge in [0.25, 0.3) is 17.4 Å². The van der Waals surface area contributed by atoms with Crippen molar-refractivity contribution in [2.24, 2.45) is 0 Å². The third-order valence-corrected chi connectivity index (χ3v) is 6.59. The molecule has 34 heavy (non-hydrogen) atoms. The number of thiophene rings is 1. The molecule has 0 fully saturated rings. The minimum Gasteiger partial charge on any atom is -0.496 e. The molecule has 0 saturated carbocycles. The van der Waals surface area contributed by atoms with Gasteiger partial charge in [0.05, 0.1) is 14.2 Å². The number of ether oxygens (including phenoxy) is 2. The third-order valence-electron chi connectivity index (χ3n) is 5.86. The molecule has 9 nitrogen and oxygen atoms in total. The number of carbonyl (C=O) groups excluding carboxylic acids is 2. The fourth-order valence-corrected chi connectivity index (χ4v) is 4.81. The lowest BCUT2D eigenvalue weighted by atomic mass is 10.1. The van der Waals surface area contributed by atoms with Crippen LogP contribution in [-0.4, -0.2) is 65.5 Å². The number of aromatic nitrogens is 2. The number of rotatable bonds is 6. The fourth-order valence-electron chi connectivity index (χ4n) is 4.15. The van der Waals surface area contributed by atoms with E-state index in [9.17, 15) is 14.4 Å². The summed E-state index contributed by atoms with van der Waals surface area (Å²) in [5.41, 5.74) is 2.04. The summed E-state index contributed by atoms with van der Waals surface area (Å²) in [5.74, 6) is 0.0203. The van der Waals surface area contributed by atoms with Crippen molar-refractivity contribution < 1.29 is 19.1 Å². The molecule has 0 radical (unpaired) electrons. The van der Waals surface area contributed by atoms with Crippen molar-refractivity contribution in [2.75, 3.05) is 34.4 Å². The number of hydrogen-bond acceptors (Lipinski definition) is 7. The van der Waals surface area contributed by atoms with Gasteiger partial charge in [-0.1, -0.05) is 0 Å². The van der Waals surface area contributed by atoms with E-state index in [0.29, 0.717) is 42.9 Å². The van der Waals surface area contributed by atoms with Gasteiger partial charge in [0.1, 0.15) is 16.9 Å². The van der Waals surface area contributed by atoms with Gasteiger partial charge in [0, 0.05) is 57.6 Å². The summed E-state index contributed by atoms with van der Waals surface area (Å²) < 4.78 is 12.3. The number of hydrogen-bond donors (Lipinski definition) is 0. The van der Waals surface area contributed by atoms with Crippen LogP contribution in [0.4, 0.5) is 0 Å². The zero-order valence-corrected chi connectivity index (χ0v) is 20.1. The molecule has 0 aliphatic carbocycles. The van der Waals surface area contributed by atoms with Crippen molar-refractivity contribution in [1.82, 2.24) is 19.4 Å². The number of nitrogens with zero attached hydrogens (tertiary/aromatic N) is 4. The maximum Gasteiger partial charge on any atom is 0.259 e. The van der Waals surface area contributed by atoms with Gasteiger partial charge in [-0.25, -0.2) is 4.98 Å². The van der Waals surface area contributed by atoms with Crippen LogP contribution in [0.25, 0.3) is 0 Å². The molecule has 0 aromatic carbocycles. The average molecular weight is 483 g/mol.